The first-order chi connectivity index (χ1) is 14.0. The Labute approximate surface area is 166 Å². The summed E-state index contributed by atoms with van der Waals surface area (Å²) >= 11 is 0. The van der Waals surface area contributed by atoms with Crippen LogP contribution in [-0.2, 0) is 14.3 Å². The molecule has 10 heteroatoms. The van der Waals surface area contributed by atoms with Gasteiger partial charge in [0.25, 0.3) is 11.6 Å². The number of ether oxygens (including phenoxy) is 1. The quantitative estimate of drug-likeness (QED) is 0.310. The Morgan fingerprint density at radius 3 is 2.55 bits per heavy atom. The molecule has 0 aliphatic carbocycles. The predicted molar refractivity (Wildman–Crippen MR) is 104 cm³/mol. The van der Waals surface area contributed by atoms with Crippen LogP contribution in [0, 0.1) is 10.1 Å². The van der Waals surface area contributed by atoms with Crippen LogP contribution >= 0.6 is 0 Å². The Bertz CT molecular complexity index is 910. The highest BCUT2D eigenvalue weighted by atomic mass is 16.6. The third-order valence-electron chi connectivity index (χ3n) is 4.30. The number of piperazine rings is 1. The summed E-state index contributed by atoms with van der Waals surface area (Å²) in [5.41, 5.74) is 0.414. The number of nitrogens with zero attached hydrogens (tertiary/aromatic N) is 5. The van der Waals surface area contributed by atoms with Gasteiger partial charge < -0.3 is 14.5 Å². The molecule has 0 radical (unpaired) electrons. The van der Waals surface area contributed by atoms with Crippen molar-refractivity contribution in [2.24, 2.45) is 0 Å². The second-order valence-electron chi connectivity index (χ2n) is 6.21. The number of esters is 1. The van der Waals surface area contributed by atoms with Crippen molar-refractivity contribution in [3.05, 3.63) is 64.5 Å². The number of benzene rings is 1. The summed E-state index contributed by atoms with van der Waals surface area (Å²) in [4.78, 5) is 46.3. The van der Waals surface area contributed by atoms with E-state index < -0.39 is 10.9 Å². The highest BCUT2D eigenvalue weighted by Gasteiger charge is 2.22. The lowest BCUT2D eigenvalue weighted by molar-refractivity contribution is -0.384. The third kappa shape index (κ3) is 5.58. The van der Waals surface area contributed by atoms with Crippen LogP contribution in [0.3, 0.4) is 0 Å². The smallest absolute Gasteiger partial charge is 0.331 e. The predicted octanol–water partition coefficient (Wildman–Crippen LogP) is 1.29. The van der Waals surface area contributed by atoms with Crippen LogP contribution < -0.4 is 4.90 Å². The van der Waals surface area contributed by atoms with Gasteiger partial charge in [0.15, 0.2) is 6.61 Å². The molecule has 1 aromatic heterocycles. The number of carbonyl (C=O) groups is 2. The van der Waals surface area contributed by atoms with Gasteiger partial charge in [-0.1, -0.05) is 12.1 Å². The van der Waals surface area contributed by atoms with Crippen LogP contribution in [0.15, 0.2) is 48.8 Å². The molecule has 1 saturated heterocycles. The van der Waals surface area contributed by atoms with E-state index in [1.165, 1.54) is 24.3 Å². The highest BCUT2D eigenvalue weighted by molar-refractivity contribution is 5.89. The maximum Gasteiger partial charge on any atom is 0.331 e. The molecule has 2 aromatic rings. The van der Waals surface area contributed by atoms with E-state index in [4.69, 9.17) is 4.74 Å². The lowest BCUT2D eigenvalue weighted by Gasteiger charge is -2.34. The highest BCUT2D eigenvalue weighted by Crippen LogP contribution is 2.14. The summed E-state index contributed by atoms with van der Waals surface area (Å²) < 4.78 is 4.98. The molecule has 1 fully saturated rings. The Balaban J connectivity index is 1.44. The summed E-state index contributed by atoms with van der Waals surface area (Å²) in [5, 5.41) is 10.8. The van der Waals surface area contributed by atoms with Gasteiger partial charge in [-0.15, -0.1) is 0 Å². The minimum atomic E-state index is -0.693. The number of carbonyl (C=O) groups excluding carboxylic acids is 2. The van der Waals surface area contributed by atoms with E-state index >= 15 is 0 Å². The van der Waals surface area contributed by atoms with Crippen molar-refractivity contribution in [1.29, 1.82) is 0 Å². The minimum Gasteiger partial charge on any atom is -0.452 e. The normalized spacial score (nSPS) is 14.1. The van der Waals surface area contributed by atoms with Gasteiger partial charge in [-0.3, -0.25) is 14.9 Å². The van der Waals surface area contributed by atoms with Crippen molar-refractivity contribution in [2.75, 3.05) is 37.7 Å². The zero-order chi connectivity index (χ0) is 20.6. The van der Waals surface area contributed by atoms with E-state index in [1.54, 1.807) is 29.4 Å². The number of nitro benzene ring substituents is 1. The fourth-order valence-corrected chi connectivity index (χ4v) is 2.79. The number of amides is 1. The second kappa shape index (κ2) is 9.40. The lowest BCUT2D eigenvalue weighted by Crippen LogP contribution is -2.50. The van der Waals surface area contributed by atoms with Gasteiger partial charge in [0, 0.05) is 56.8 Å². The molecular formula is C19H19N5O5. The van der Waals surface area contributed by atoms with Crippen molar-refractivity contribution in [3.63, 3.8) is 0 Å². The molecule has 0 atom stereocenters. The van der Waals surface area contributed by atoms with Gasteiger partial charge in [0.2, 0.25) is 5.95 Å². The van der Waals surface area contributed by atoms with Crippen molar-refractivity contribution >= 4 is 29.6 Å². The minimum absolute atomic E-state index is 0.0734. The average Bonchev–Trinajstić information content (AvgIpc) is 2.77. The molecule has 2 heterocycles. The van der Waals surface area contributed by atoms with Crippen molar-refractivity contribution in [3.8, 4) is 0 Å². The van der Waals surface area contributed by atoms with E-state index in [2.05, 4.69) is 9.97 Å². The number of nitro groups is 1. The van der Waals surface area contributed by atoms with Crippen LogP contribution in [0.1, 0.15) is 5.56 Å². The van der Waals surface area contributed by atoms with Crippen molar-refractivity contribution in [2.45, 2.75) is 0 Å². The monoisotopic (exact) mass is 397 g/mol. The fourth-order valence-electron chi connectivity index (χ4n) is 2.79. The molecule has 1 aromatic carbocycles. The summed E-state index contributed by atoms with van der Waals surface area (Å²) in [6.45, 7) is 1.79. The van der Waals surface area contributed by atoms with E-state index in [1.807, 2.05) is 4.90 Å². The molecular weight excluding hydrogens is 378 g/mol. The van der Waals surface area contributed by atoms with Crippen LogP contribution in [0.4, 0.5) is 11.6 Å². The first kappa shape index (κ1) is 19.9. The SMILES string of the molecule is O=C(/C=C/c1cccc([N+](=O)[O-])c1)OCC(=O)N1CCN(c2ncccn2)CC1. The number of rotatable bonds is 6. The zero-order valence-corrected chi connectivity index (χ0v) is 15.5. The summed E-state index contributed by atoms with van der Waals surface area (Å²) in [6.07, 6.45) is 5.87. The van der Waals surface area contributed by atoms with Crippen LogP contribution in [0.2, 0.25) is 0 Å². The number of aromatic nitrogens is 2. The number of hydrogen-bond acceptors (Lipinski definition) is 8. The second-order valence-corrected chi connectivity index (χ2v) is 6.21. The molecule has 150 valence electrons. The van der Waals surface area contributed by atoms with E-state index in [-0.39, 0.29) is 18.2 Å². The van der Waals surface area contributed by atoms with Crippen LogP contribution in [0.25, 0.3) is 6.08 Å². The van der Waals surface area contributed by atoms with Crippen molar-refractivity contribution in [1.82, 2.24) is 14.9 Å². The number of anilines is 1. The maximum absolute atomic E-state index is 12.2. The standard InChI is InChI=1S/C19H19N5O5/c25-17(22-9-11-23(12-10-22)19-20-7-2-8-21-19)14-29-18(26)6-5-15-3-1-4-16(13-15)24(27)28/h1-8,13H,9-12,14H2/b6-5+. The summed E-state index contributed by atoms with van der Waals surface area (Å²) in [7, 11) is 0. The van der Waals surface area contributed by atoms with Crippen LogP contribution in [-0.4, -0.2) is 64.5 Å². The van der Waals surface area contributed by atoms with Gasteiger partial charge in [-0.05, 0) is 17.7 Å². The Kier molecular flexibility index (Phi) is 6.46. The molecule has 3 rings (SSSR count). The average molecular weight is 397 g/mol. The summed E-state index contributed by atoms with van der Waals surface area (Å²) in [6, 6.07) is 7.58. The Morgan fingerprint density at radius 2 is 1.86 bits per heavy atom. The Hall–Kier alpha value is -3.82. The van der Waals surface area contributed by atoms with Gasteiger partial charge >= 0.3 is 5.97 Å². The van der Waals surface area contributed by atoms with Crippen LogP contribution in [0.5, 0.6) is 0 Å². The first-order valence-corrected chi connectivity index (χ1v) is 8.92. The molecule has 0 spiro atoms. The van der Waals surface area contributed by atoms with Gasteiger partial charge in [0.1, 0.15) is 0 Å². The fraction of sp³-hybridized carbons (Fsp3) is 0.263. The molecule has 10 nitrogen and oxygen atoms in total. The third-order valence-corrected chi connectivity index (χ3v) is 4.30. The molecule has 0 saturated carbocycles. The van der Waals surface area contributed by atoms with Gasteiger partial charge in [-0.2, -0.15) is 0 Å². The first-order valence-electron chi connectivity index (χ1n) is 8.92. The van der Waals surface area contributed by atoms with Gasteiger partial charge in [-0.25, -0.2) is 14.8 Å². The molecule has 29 heavy (non-hydrogen) atoms. The molecule has 1 aliphatic heterocycles. The van der Waals surface area contributed by atoms with E-state index in [9.17, 15) is 19.7 Å². The molecule has 0 unspecified atom stereocenters. The van der Waals surface area contributed by atoms with Crippen molar-refractivity contribution < 1.29 is 19.2 Å². The zero-order valence-electron chi connectivity index (χ0n) is 15.5. The van der Waals surface area contributed by atoms with Gasteiger partial charge in [0.05, 0.1) is 4.92 Å². The topological polar surface area (TPSA) is 119 Å². The largest absolute Gasteiger partial charge is 0.452 e. The lowest BCUT2D eigenvalue weighted by atomic mass is 10.2. The van der Waals surface area contributed by atoms with E-state index in [0.29, 0.717) is 37.7 Å². The number of hydrogen-bond donors (Lipinski definition) is 0. The van der Waals surface area contributed by atoms with E-state index in [0.717, 1.165) is 6.08 Å². The molecule has 0 N–H and O–H groups in total. The molecule has 1 amide bonds. The number of non-ortho nitro benzene ring substituents is 1. The Morgan fingerprint density at radius 1 is 1.14 bits per heavy atom. The maximum atomic E-state index is 12.2. The summed E-state index contributed by atoms with van der Waals surface area (Å²) in [5.74, 6) is -0.353. The molecule has 1 aliphatic rings. The molecule has 0 bridgehead atoms.